The highest BCUT2D eigenvalue weighted by atomic mass is 127. The SMILES string of the molecule is O=c1n(C2CCCCC2)c2c(n1C1CCCCC1)N(C1CCCCC1)P(I)N2C1CCCCC1. The largest absolute Gasteiger partial charge is 0.331 e. The Hall–Kier alpha value is -0.230. The molecule has 1 aliphatic heterocycles. The molecule has 5 aliphatic rings. The van der Waals surface area contributed by atoms with E-state index >= 15 is 0 Å². The molecule has 190 valence electrons. The first-order valence-electron chi connectivity index (χ1n) is 14.7. The van der Waals surface area contributed by atoms with Gasteiger partial charge in [0.1, 0.15) is 0 Å². The summed E-state index contributed by atoms with van der Waals surface area (Å²) in [6.07, 6.45) is 26.1. The van der Waals surface area contributed by atoms with Crippen molar-refractivity contribution < 1.29 is 0 Å². The van der Waals surface area contributed by atoms with Gasteiger partial charge in [0.2, 0.25) is 0 Å². The molecule has 0 saturated heterocycles. The first kappa shape index (κ1) is 24.1. The lowest BCUT2D eigenvalue weighted by Crippen LogP contribution is -2.40. The minimum absolute atomic E-state index is 0.352. The molecule has 0 radical (unpaired) electrons. The van der Waals surface area contributed by atoms with E-state index in [0.29, 0.717) is 29.9 Å². The van der Waals surface area contributed by atoms with Gasteiger partial charge in [-0.3, -0.25) is 9.13 Å². The first-order valence-corrected chi connectivity index (χ1v) is 18.7. The monoisotopic (exact) mass is 598 g/mol. The zero-order valence-electron chi connectivity index (χ0n) is 21.0. The van der Waals surface area contributed by atoms with Crippen molar-refractivity contribution in [2.45, 2.75) is 153 Å². The van der Waals surface area contributed by atoms with E-state index in [9.17, 15) is 4.79 Å². The fourth-order valence-corrected chi connectivity index (χ4v) is 13.0. The predicted molar refractivity (Wildman–Crippen MR) is 153 cm³/mol. The lowest BCUT2D eigenvalue weighted by molar-refractivity contribution is 0.319. The summed E-state index contributed by atoms with van der Waals surface area (Å²) in [5.74, 6) is 2.29. The maximum atomic E-state index is 14.4. The number of imidazole rings is 1. The Morgan fingerprint density at radius 3 is 1.12 bits per heavy atom. The van der Waals surface area contributed by atoms with Crippen molar-refractivity contribution in [1.29, 1.82) is 0 Å². The molecule has 0 bridgehead atoms. The molecular formula is C27H44IN4OP. The summed E-state index contributed by atoms with van der Waals surface area (Å²) in [6.45, 7) is 0. The van der Waals surface area contributed by atoms with Crippen LogP contribution in [0.5, 0.6) is 0 Å². The van der Waals surface area contributed by atoms with E-state index in [-0.39, 0.29) is 0 Å². The van der Waals surface area contributed by atoms with E-state index in [2.05, 4.69) is 40.5 Å². The quantitative estimate of drug-likeness (QED) is 0.257. The Morgan fingerprint density at radius 2 is 0.794 bits per heavy atom. The average Bonchev–Trinajstić information content (AvgIpc) is 3.34. The Balaban J connectivity index is 1.52. The highest BCUT2D eigenvalue weighted by Gasteiger charge is 2.49. The van der Waals surface area contributed by atoms with Crippen molar-refractivity contribution in [2.24, 2.45) is 0 Å². The summed E-state index contributed by atoms with van der Waals surface area (Å²) < 4.78 is 10.5. The summed E-state index contributed by atoms with van der Waals surface area (Å²) in [6, 6.07) is 2.08. The second-order valence-electron chi connectivity index (χ2n) is 11.8. The van der Waals surface area contributed by atoms with Crippen LogP contribution < -0.4 is 15.0 Å². The van der Waals surface area contributed by atoms with E-state index in [1.165, 1.54) is 140 Å². The Morgan fingerprint density at radius 1 is 0.500 bits per heavy atom. The summed E-state index contributed by atoms with van der Waals surface area (Å²) in [7, 11) is 0. The van der Waals surface area contributed by atoms with Gasteiger partial charge in [0.05, 0.1) is 0 Å². The van der Waals surface area contributed by atoms with E-state index in [4.69, 9.17) is 0 Å². The smallest absolute Gasteiger partial charge is 0.306 e. The maximum Gasteiger partial charge on any atom is 0.331 e. The molecule has 0 spiro atoms. The Bertz CT molecular complexity index is 823. The zero-order valence-corrected chi connectivity index (χ0v) is 24.0. The molecule has 0 aromatic carbocycles. The number of anilines is 2. The predicted octanol–water partition coefficient (Wildman–Crippen LogP) is 8.61. The molecular weight excluding hydrogens is 554 g/mol. The normalized spacial score (nSPS) is 27.0. The lowest BCUT2D eigenvalue weighted by atomic mass is 9.94. The molecule has 1 aromatic rings. The van der Waals surface area contributed by atoms with Gasteiger partial charge in [0, 0.05) is 24.2 Å². The third-order valence-electron chi connectivity index (χ3n) is 9.58. The second kappa shape index (κ2) is 10.6. The van der Waals surface area contributed by atoms with Gasteiger partial charge in [0.15, 0.2) is 17.5 Å². The molecule has 0 unspecified atom stereocenters. The number of hydrogen-bond donors (Lipinski definition) is 0. The molecule has 4 saturated carbocycles. The second-order valence-corrected chi connectivity index (χ2v) is 15.7. The fourth-order valence-electron chi connectivity index (χ4n) is 7.80. The highest BCUT2D eigenvalue weighted by Crippen LogP contribution is 2.68. The van der Waals surface area contributed by atoms with Crippen LogP contribution in [-0.2, 0) is 0 Å². The van der Waals surface area contributed by atoms with Crippen LogP contribution in [0, 0.1) is 0 Å². The zero-order chi connectivity index (χ0) is 23.1. The number of nitrogens with zero attached hydrogens (tertiary/aromatic N) is 4. The molecule has 34 heavy (non-hydrogen) atoms. The van der Waals surface area contributed by atoms with Crippen molar-refractivity contribution in [3.05, 3.63) is 10.5 Å². The number of halogens is 1. The maximum absolute atomic E-state index is 14.4. The van der Waals surface area contributed by atoms with Crippen LogP contribution in [0.2, 0.25) is 0 Å². The summed E-state index contributed by atoms with van der Waals surface area (Å²) >= 11 is 2.83. The molecule has 4 aliphatic carbocycles. The minimum Gasteiger partial charge on any atom is -0.306 e. The number of aromatic nitrogens is 2. The Kier molecular flexibility index (Phi) is 7.55. The number of hydrogen-bond acceptors (Lipinski definition) is 3. The highest BCUT2D eigenvalue weighted by molar-refractivity contribution is 14.2. The molecule has 0 N–H and O–H groups in total. The Labute approximate surface area is 220 Å². The van der Waals surface area contributed by atoms with Gasteiger partial charge in [0.25, 0.3) is 0 Å². The third kappa shape index (κ3) is 4.29. The van der Waals surface area contributed by atoms with Crippen molar-refractivity contribution in [1.82, 2.24) is 9.13 Å². The van der Waals surface area contributed by atoms with Gasteiger partial charge in [-0.05, 0) is 73.4 Å². The van der Waals surface area contributed by atoms with E-state index in [1.54, 1.807) is 0 Å². The molecule has 0 atom stereocenters. The molecule has 7 heteroatoms. The van der Waals surface area contributed by atoms with Crippen LogP contribution in [0.3, 0.4) is 0 Å². The van der Waals surface area contributed by atoms with E-state index in [0.717, 1.165) is 0 Å². The van der Waals surface area contributed by atoms with Gasteiger partial charge in [-0.1, -0.05) is 77.0 Å². The van der Waals surface area contributed by atoms with Crippen LogP contribution >= 0.6 is 27.9 Å². The van der Waals surface area contributed by atoms with Crippen LogP contribution in [0.25, 0.3) is 0 Å². The van der Waals surface area contributed by atoms with Crippen molar-refractivity contribution in [3.8, 4) is 0 Å². The number of fused-ring (bicyclic) bond motifs is 1. The average molecular weight is 599 g/mol. The third-order valence-corrected chi connectivity index (χ3v) is 14.1. The van der Waals surface area contributed by atoms with Crippen molar-refractivity contribution in [2.75, 3.05) is 9.34 Å². The summed E-state index contributed by atoms with van der Waals surface area (Å²) in [5, 5.41) is 0. The van der Waals surface area contributed by atoms with Gasteiger partial charge in [-0.15, -0.1) is 0 Å². The molecule has 2 heterocycles. The first-order chi connectivity index (χ1) is 16.8. The molecule has 6 rings (SSSR count). The summed E-state index contributed by atoms with van der Waals surface area (Å²) in [4.78, 5) is 14.4. The standard InChI is InChI=1S/C27H44IN4OP/c28-34-31(23-17-9-3-10-18-23)25-26(32(34)24-19-11-4-12-20-24)30(22-15-7-2-8-16-22)27(33)29(25)21-13-5-1-6-14-21/h21-24H,1-20H2. The van der Waals surface area contributed by atoms with E-state index in [1.807, 2.05) is 0 Å². The lowest BCUT2D eigenvalue weighted by Gasteiger charge is -2.41. The van der Waals surface area contributed by atoms with Gasteiger partial charge >= 0.3 is 5.69 Å². The van der Waals surface area contributed by atoms with Crippen LogP contribution in [0.1, 0.15) is 141 Å². The van der Waals surface area contributed by atoms with Crippen LogP contribution in [0.4, 0.5) is 11.6 Å². The van der Waals surface area contributed by atoms with Crippen molar-refractivity contribution in [3.63, 3.8) is 0 Å². The van der Waals surface area contributed by atoms with Crippen LogP contribution in [-0.4, -0.2) is 21.2 Å². The molecule has 0 amide bonds. The van der Waals surface area contributed by atoms with E-state index < -0.39 is 5.87 Å². The van der Waals surface area contributed by atoms with Gasteiger partial charge in [-0.25, -0.2) is 4.79 Å². The number of rotatable bonds is 4. The van der Waals surface area contributed by atoms with Crippen molar-refractivity contribution >= 4 is 39.5 Å². The topological polar surface area (TPSA) is 33.4 Å². The molecule has 1 aromatic heterocycles. The van der Waals surface area contributed by atoms with Gasteiger partial charge < -0.3 is 9.34 Å². The molecule has 5 nitrogen and oxygen atoms in total. The minimum atomic E-state index is -0.458. The summed E-state index contributed by atoms with van der Waals surface area (Å²) in [5.41, 5.74) is 0.352. The molecule has 4 fully saturated rings. The van der Waals surface area contributed by atoms with Crippen LogP contribution in [0.15, 0.2) is 4.79 Å². The fraction of sp³-hybridized carbons (Fsp3) is 0.889. The van der Waals surface area contributed by atoms with Gasteiger partial charge in [-0.2, -0.15) is 0 Å².